The number of nitrogens with one attached hydrogen (secondary N) is 2. The average molecular weight is 257 g/mol. The summed E-state index contributed by atoms with van der Waals surface area (Å²) in [6, 6.07) is 0.171. The maximum atomic E-state index is 11.7. The zero-order chi connectivity index (χ0) is 13.8. The van der Waals surface area contributed by atoms with Crippen LogP contribution in [0.3, 0.4) is 0 Å². The van der Waals surface area contributed by atoms with Crippen molar-refractivity contribution in [1.29, 1.82) is 0 Å². The molecule has 6 nitrogen and oxygen atoms in total. The number of nitrogens with zero attached hydrogens (tertiary/aromatic N) is 1. The Morgan fingerprint density at radius 3 is 2.61 bits per heavy atom. The molecule has 0 bridgehead atoms. The molecule has 0 radical (unpaired) electrons. The van der Waals surface area contributed by atoms with Gasteiger partial charge in [0.05, 0.1) is 0 Å². The smallest absolute Gasteiger partial charge is 0.410 e. The Kier molecular flexibility index (Phi) is 4.95. The van der Waals surface area contributed by atoms with Crippen LogP contribution in [0.4, 0.5) is 4.79 Å². The topological polar surface area (TPSA) is 70.7 Å². The lowest BCUT2D eigenvalue weighted by Gasteiger charge is -2.24. The molecule has 2 N–H and O–H groups in total. The van der Waals surface area contributed by atoms with E-state index in [2.05, 4.69) is 10.6 Å². The van der Waals surface area contributed by atoms with Gasteiger partial charge in [-0.1, -0.05) is 0 Å². The van der Waals surface area contributed by atoms with Gasteiger partial charge >= 0.3 is 6.09 Å². The van der Waals surface area contributed by atoms with E-state index in [0.717, 1.165) is 19.5 Å². The number of ether oxygens (including phenoxy) is 1. The van der Waals surface area contributed by atoms with E-state index in [9.17, 15) is 9.59 Å². The fourth-order valence-electron chi connectivity index (χ4n) is 1.67. The predicted molar refractivity (Wildman–Crippen MR) is 68.3 cm³/mol. The lowest BCUT2D eigenvalue weighted by molar-refractivity contribution is -0.122. The van der Waals surface area contributed by atoms with Gasteiger partial charge in [-0.2, -0.15) is 0 Å². The van der Waals surface area contributed by atoms with Crippen LogP contribution in [-0.2, 0) is 9.53 Å². The highest BCUT2D eigenvalue weighted by atomic mass is 16.6. The molecule has 1 fully saturated rings. The molecule has 6 heteroatoms. The van der Waals surface area contributed by atoms with Gasteiger partial charge in [-0.3, -0.25) is 4.79 Å². The monoisotopic (exact) mass is 257 g/mol. The van der Waals surface area contributed by atoms with Gasteiger partial charge in [-0.25, -0.2) is 4.79 Å². The number of hydrogen-bond donors (Lipinski definition) is 2. The van der Waals surface area contributed by atoms with Gasteiger partial charge in [0, 0.05) is 19.6 Å². The van der Waals surface area contributed by atoms with Crippen molar-refractivity contribution in [2.24, 2.45) is 0 Å². The highest BCUT2D eigenvalue weighted by molar-refractivity contribution is 5.82. The van der Waals surface area contributed by atoms with Gasteiger partial charge in [0.1, 0.15) is 12.1 Å². The maximum absolute atomic E-state index is 11.7. The first kappa shape index (κ1) is 14.8. The second-order valence-corrected chi connectivity index (χ2v) is 5.59. The Bertz CT molecular complexity index is 306. The third-order valence-corrected chi connectivity index (χ3v) is 2.51. The van der Waals surface area contributed by atoms with E-state index >= 15 is 0 Å². The number of hydrogen-bond acceptors (Lipinski definition) is 4. The van der Waals surface area contributed by atoms with Crippen LogP contribution in [0.2, 0.25) is 0 Å². The van der Waals surface area contributed by atoms with Crippen molar-refractivity contribution in [2.75, 3.05) is 26.7 Å². The summed E-state index contributed by atoms with van der Waals surface area (Å²) >= 11 is 0. The molecule has 0 aromatic carbocycles. The SMILES string of the molecule is CN(CC(=O)NC1CCNC1)C(=O)OC(C)(C)C. The molecule has 1 aliphatic heterocycles. The molecule has 2 amide bonds. The second-order valence-electron chi connectivity index (χ2n) is 5.59. The number of likely N-dealkylation sites (N-methyl/N-ethyl adjacent to an activating group) is 1. The van der Waals surface area contributed by atoms with E-state index in [-0.39, 0.29) is 18.5 Å². The van der Waals surface area contributed by atoms with Gasteiger partial charge in [-0.05, 0) is 33.7 Å². The Morgan fingerprint density at radius 2 is 2.11 bits per heavy atom. The van der Waals surface area contributed by atoms with Crippen molar-refractivity contribution in [3.8, 4) is 0 Å². The van der Waals surface area contributed by atoms with Crippen molar-refractivity contribution in [2.45, 2.75) is 38.8 Å². The van der Waals surface area contributed by atoms with Crippen molar-refractivity contribution in [3.05, 3.63) is 0 Å². The Balaban J connectivity index is 2.31. The summed E-state index contributed by atoms with van der Waals surface area (Å²) < 4.78 is 5.17. The molecule has 0 aromatic heterocycles. The number of rotatable bonds is 3. The quantitative estimate of drug-likeness (QED) is 0.764. The van der Waals surface area contributed by atoms with E-state index in [1.807, 2.05) is 0 Å². The van der Waals surface area contributed by atoms with Crippen LogP contribution >= 0.6 is 0 Å². The highest BCUT2D eigenvalue weighted by Gasteiger charge is 2.22. The fraction of sp³-hybridized carbons (Fsp3) is 0.833. The van der Waals surface area contributed by atoms with Crippen LogP contribution < -0.4 is 10.6 Å². The lowest BCUT2D eigenvalue weighted by Crippen LogP contribution is -2.44. The molecule has 1 aliphatic rings. The van der Waals surface area contributed by atoms with Crippen molar-refractivity contribution < 1.29 is 14.3 Å². The van der Waals surface area contributed by atoms with Gasteiger partial charge < -0.3 is 20.3 Å². The first-order valence-electron chi connectivity index (χ1n) is 6.22. The summed E-state index contributed by atoms with van der Waals surface area (Å²) in [5.41, 5.74) is -0.544. The molecular formula is C12H23N3O3. The molecule has 1 rings (SSSR count). The maximum Gasteiger partial charge on any atom is 0.410 e. The normalized spacial score (nSPS) is 19.4. The third kappa shape index (κ3) is 5.35. The minimum absolute atomic E-state index is 0.0193. The van der Waals surface area contributed by atoms with E-state index in [0.29, 0.717) is 0 Å². The van der Waals surface area contributed by atoms with E-state index < -0.39 is 11.7 Å². The fourth-order valence-corrected chi connectivity index (χ4v) is 1.67. The molecule has 0 aliphatic carbocycles. The summed E-state index contributed by atoms with van der Waals surface area (Å²) in [6.07, 6.45) is 0.448. The molecule has 104 valence electrons. The Morgan fingerprint density at radius 1 is 1.44 bits per heavy atom. The molecular weight excluding hydrogens is 234 g/mol. The molecule has 0 saturated carbocycles. The van der Waals surface area contributed by atoms with Crippen LogP contribution in [0.15, 0.2) is 0 Å². The van der Waals surface area contributed by atoms with Crippen molar-refractivity contribution in [1.82, 2.24) is 15.5 Å². The van der Waals surface area contributed by atoms with Crippen molar-refractivity contribution >= 4 is 12.0 Å². The van der Waals surface area contributed by atoms with Gasteiger partial charge in [0.15, 0.2) is 0 Å². The number of carbonyl (C=O) groups is 2. The van der Waals surface area contributed by atoms with E-state index in [4.69, 9.17) is 4.74 Å². The zero-order valence-corrected chi connectivity index (χ0v) is 11.6. The van der Waals surface area contributed by atoms with Gasteiger partial charge in [0.2, 0.25) is 5.91 Å². The summed E-state index contributed by atoms with van der Waals surface area (Å²) in [5.74, 6) is -0.156. The predicted octanol–water partition coefficient (Wildman–Crippen LogP) is 0.331. The van der Waals surface area contributed by atoms with Gasteiger partial charge in [0.25, 0.3) is 0 Å². The standard InChI is InChI=1S/C12H23N3O3/c1-12(2,3)18-11(17)15(4)8-10(16)14-9-5-6-13-7-9/h9,13H,5-8H2,1-4H3,(H,14,16). The average Bonchev–Trinajstić information content (AvgIpc) is 2.67. The number of carbonyl (C=O) groups excluding carboxylic acids is 2. The minimum Gasteiger partial charge on any atom is -0.444 e. The minimum atomic E-state index is -0.544. The Hall–Kier alpha value is -1.30. The second kappa shape index (κ2) is 6.04. The Labute approximate surface area is 108 Å². The third-order valence-electron chi connectivity index (χ3n) is 2.51. The zero-order valence-electron chi connectivity index (χ0n) is 11.6. The summed E-state index contributed by atoms with van der Waals surface area (Å²) in [4.78, 5) is 24.6. The van der Waals surface area contributed by atoms with Crippen LogP contribution in [0.1, 0.15) is 27.2 Å². The molecule has 1 saturated heterocycles. The molecule has 0 spiro atoms. The van der Waals surface area contributed by atoms with E-state index in [1.54, 1.807) is 27.8 Å². The van der Waals surface area contributed by atoms with Gasteiger partial charge in [-0.15, -0.1) is 0 Å². The highest BCUT2D eigenvalue weighted by Crippen LogP contribution is 2.08. The summed E-state index contributed by atoms with van der Waals surface area (Å²) in [6.45, 7) is 7.12. The van der Waals surface area contributed by atoms with E-state index in [1.165, 1.54) is 4.90 Å². The largest absolute Gasteiger partial charge is 0.444 e. The lowest BCUT2D eigenvalue weighted by atomic mass is 10.2. The first-order valence-corrected chi connectivity index (χ1v) is 6.22. The molecule has 1 atom stereocenters. The first-order chi connectivity index (χ1) is 8.28. The summed E-state index contributed by atoms with van der Waals surface area (Å²) in [7, 11) is 1.56. The molecule has 18 heavy (non-hydrogen) atoms. The molecule has 0 aromatic rings. The van der Waals surface area contributed by atoms with Crippen LogP contribution in [0.5, 0.6) is 0 Å². The number of amides is 2. The van der Waals surface area contributed by atoms with Crippen molar-refractivity contribution in [3.63, 3.8) is 0 Å². The van der Waals surface area contributed by atoms with Crippen LogP contribution in [0.25, 0.3) is 0 Å². The molecule has 1 heterocycles. The van der Waals surface area contributed by atoms with Crippen LogP contribution in [0, 0.1) is 0 Å². The summed E-state index contributed by atoms with van der Waals surface area (Å²) in [5, 5.41) is 6.04. The van der Waals surface area contributed by atoms with Crippen LogP contribution in [-0.4, -0.2) is 55.2 Å². The molecule has 1 unspecified atom stereocenters.